The number of benzene rings is 1. The number of aromatic nitrogens is 1. The molecule has 0 saturated carbocycles. The van der Waals surface area contributed by atoms with Crippen LogP contribution < -0.4 is 10.2 Å². The van der Waals surface area contributed by atoms with E-state index >= 15 is 0 Å². The molecule has 121 valence electrons. The van der Waals surface area contributed by atoms with Crippen molar-refractivity contribution in [2.75, 3.05) is 14.2 Å². The molecule has 0 N–H and O–H groups in total. The molecular weight excluding hydrogens is 313 g/mol. The molecule has 1 aliphatic rings. The van der Waals surface area contributed by atoms with Crippen LogP contribution in [-0.2, 0) is 20.7 Å². The maximum absolute atomic E-state index is 11.8. The zero-order valence-electron chi connectivity index (χ0n) is 13.1. The van der Waals surface area contributed by atoms with E-state index in [2.05, 4.69) is 14.5 Å². The van der Waals surface area contributed by atoms with Gasteiger partial charge in [0.1, 0.15) is 5.75 Å². The summed E-state index contributed by atoms with van der Waals surface area (Å²) < 4.78 is 20.2. The zero-order chi connectivity index (χ0) is 17.1. The monoisotopic (exact) mass is 326 g/mol. The minimum Gasteiger partial charge on any atom is -0.465 e. The molecule has 0 unspecified atom stereocenters. The number of fused-ring (bicyclic) bond motifs is 1. The van der Waals surface area contributed by atoms with Crippen LogP contribution in [0.25, 0.3) is 0 Å². The number of ether oxygens (including phenoxy) is 3. The molecule has 0 spiro atoms. The van der Waals surface area contributed by atoms with Crippen LogP contribution >= 0.6 is 0 Å². The van der Waals surface area contributed by atoms with E-state index in [0.29, 0.717) is 12.4 Å². The first-order valence-electron chi connectivity index (χ1n) is 7.05. The van der Waals surface area contributed by atoms with Crippen molar-refractivity contribution in [3.63, 3.8) is 0 Å². The number of carbonyl (C=O) groups is 2. The summed E-state index contributed by atoms with van der Waals surface area (Å²) >= 11 is 0. The molecule has 3 rings (SSSR count). The quantitative estimate of drug-likeness (QED) is 0.617. The maximum atomic E-state index is 11.8. The molecule has 2 aromatic rings. The number of esters is 2. The van der Waals surface area contributed by atoms with Crippen molar-refractivity contribution < 1.29 is 28.5 Å². The number of rotatable bonds is 4. The summed E-state index contributed by atoms with van der Waals surface area (Å²) in [5.74, 6) is -0.731. The highest BCUT2D eigenvalue weighted by atomic mass is 16.5. The summed E-state index contributed by atoms with van der Waals surface area (Å²) in [4.78, 5) is 27.6. The highest BCUT2D eigenvalue weighted by Gasteiger charge is 2.21. The van der Waals surface area contributed by atoms with Gasteiger partial charge in [0.05, 0.1) is 26.4 Å². The van der Waals surface area contributed by atoms with E-state index in [9.17, 15) is 9.59 Å². The van der Waals surface area contributed by atoms with Crippen molar-refractivity contribution in [3.8, 4) is 11.6 Å². The van der Waals surface area contributed by atoms with Crippen LogP contribution in [0.5, 0.6) is 11.6 Å². The number of nitrogens with zero attached hydrogens (tertiary/aromatic N) is 1. The van der Waals surface area contributed by atoms with Gasteiger partial charge in [-0.15, -0.1) is 0 Å². The van der Waals surface area contributed by atoms with E-state index in [0.717, 1.165) is 11.0 Å². The van der Waals surface area contributed by atoms with Crippen molar-refractivity contribution in [3.05, 3.63) is 47.2 Å². The van der Waals surface area contributed by atoms with E-state index in [4.69, 9.17) is 9.39 Å². The molecule has 0 saturated heterocycles. The van der Waals surface area contributed by atoms with E-state index in [1.807, 2.05) is 12.1 Å². The molecule has 1 aromatic carbocycles. The first-order chi connectivity index (χ1) is 11.6. The van der Waals surface area contributed by atoms with Crippen LogP contribution in [0.3, 0.4) is 0 Å². The molecule has 7 nitrogen and oxygen atoms in total. The van der Waals surface area contributed by atoms with Gasteiger partial charge >= 0.3 is 19.4 Å². The minimum atomic E-state index is -0.752. The number of carbonyl (C=O) groups excluding carboxylic acids is 2. The lowest BCUT2D eigenvalue weighted by Gasteiger charge is -2.10. The van der Waals surface area contributed by atoms with Crippen molar-refractivity contribution >= 4 is 24.9 Å². The average molecular weight is 326 g/mol. The van der Waals surface area contributed by atoms with Gasteiger partial charge < -0.3 is 18.9 Å². The first kappa shape index (κ1) is 16.0. The van der Waals surface area contributed by atoms with Crippen molar-refractivity contribution in [1.82, 2.24) is 4.98 Å². The summed E-state index contributed by atoms with van der Waals surface area (Å²) in [6, 6.07) is 8.34. The lowest BCUT2D eigenvalue weighted by atomic mass is 9.87. The third-order valence-corrected chi connectivity index (χ3v) is 3.44. The number of hydrogen-bond donors (Lipinski definition) is 0. The van der Waals surface area contributed by atoms with Gasteiger partial charge in [0.2, 0.25) is 5.88 Å². The van der Waals surface area contributed by atoms with Gasteiger partial charge in [-0.25, -0.2) is 14.6 Å². The third-order valence-electron chi connectivity index (χ3n) is 3.44. The molecule has 0 fully saturated rings. The normalized spacial score (nSPS) is 12.1. The largest absolute Gasteiger partial charge is 0.465 e. The first-order valence-corrected chi connectivity index (χ1v) is 7.05. The van der Waals surface area contributed by atoms with Crippen molar-refractivity contribution in [2.45, 2.75) is 6.61 Å². The Kier molecular flexibility index (Phi) is 4.48. The maximum Gasteiger partial charge on any atom is 0.357 e. The van der Waals surface area contributed by atoms with E-state index in [1.165, 1.54) is 26.4 Å². The fourth-order valence-corrected chi connectivity index (χ4v) is 2.25. The second-order valence-electron chi connectivity index (χ2n) is 4.92. The van der Waals surface area contributed by atoms with Crippen LogP contribution in [0.2, 0.25) is 0 Å². The second kappa shape index (κ2) is 6.71. The third kappa shape index (κ3) is 3.09. The van der Waals surface area contributed by atoms with Crippen LogP contribution in [0.1, 0.15) is 26.4 Å². The molecule has 2 heterocycles. The standard InChI is InChI=1S/C16H13BNO6/c1-21-15(19)11-4-6-13(18-14(11)16(20)22-2)24-10-3-5-12-9(7-10)8-23-17-12/h3-7H,8H2,1-2H3. The Morgan fingerprint density at radius 3 is 2.67 bits per heavy atom. The summed E-state index contributed by atoms with van der Waals surface area (Å²) in [6.45, 7) is 0.481. The Balaban J connectivity index is 1.91. The Bertz CT molecular complexity index is 807. The van der Waals surface area contributed by atoms with E-state index < -0.39 is 11.9 Å². The zero-order valence-corrected chi connectivity index (χ0v) is 13.1. The van der Waals surface area contributed by atoms with Crippen LogP contribution in [0.15, 0.2) is 30.3 Å². The molecule has 0 amide bonds. The van der Waals surface area contributed by atoms with E-state index in [1.54, 1.807) is 13.5 Å². The number of hydrogen-bond acceptors (Lipinski definition) is 7. The van der Waals surface area contributed by atoms with Gasteiger partial charge in [0, 0.05) is 6.07 Å². The van der Waals surface area contributed by atoms with Gasteiger partial charge in [-0.05, 0) is 29.2 Å². The predicted octanol–water partition coefficient (Wildman–Crippen LogP) is 1.22. The SMILES string of the molecule is COC(=O)c1ccc(Oc2ccc3c(c2)CO[B]3)nc1C(=O)OC. The summed E-state index contributed by atoms with van der Waals surface area (Å²) in [7, 11) is 4.10. The van der Waals surface area contributed by atoms with Crippen LogP contribution in [0, 0.1) is 0 Å². The molecule has 1 aliphatic heterocycles. The topological polar surface area (TPSA) is 84.0 Å². The highest BCUT2D eigenvalue weighted by molar-refractivity contribution is 6.48. The van der Waals surface area contributed by atoms with Crippen LogP contribution in [0.4, 0.5) is 0 Å². The van der Waals surface area contributed by atoms with Gasteiger partial charge in [0.15, 0.2) is 5.69 Å². The Morgan fingerprint density at radius 1 is 1.12 bits per heavy atom. The van der Waals surface area contributed by atoms with Gasteiger partial charge in [-0.2, -0.15) is 0 Å². The Hall–Kier alpha value is -2.87. The molecule has 1 aromatic heterocycles. The summed E-state index contributed by atoms with van der Waals surface area (Å²) in [5, 5.41) is 0. The highest BCUT2D eigenvalue weighted by Crippen LogP contribution is 2.23. The fraction of sp³-hybridized carbons (Fsp3) is 0.188. The molecule has 0 bridgehead atoms. The molecule has 8 heteroatoms. The van der Waals surface area contributed by atoms with Crippen molar-refractivity contribution in [1.29, 1.82) is 0 Å². The van der Waals surface area contributed by atoms with Crippen molar-refractivity contribution in [2.24, 2.45) is 0 Å². The predicted molar refractivity (Wildman–Crippen MR) is 83.6 cm³/mol. The lowest BCUT2D eigenvalue weighted by molar-refractivity contribution is 0.0549. The van der Waals surface area contributed by atoms with Gasteiger partial charge in [-0.1, -0.05) is 6.07 Å². The smallest absolute Gasteiger partial charge is 0.357 e. The second-order valence-corrected chi connectivity index (χ2v) is 4.92. The lowest BCUT2D eigenvalue weighted by Crippen LogP contribution is -2.14. The molecule has 0 aliphatic carbocycles. The minimum absolute atomic E-state index is 0.00801. The molecule has 24 heavy (non-hydrogen) atoms. The van der Waals surface area contributed by atoms with E-state index in [-0.39, 0.29) is 17.1 Å². The molecule has 0 atom stereocenters. The molecular formula is C16H13BNO6. The number of methoxy groups -OCH3 is 2. The fourth-order valence-electron chi connectivity index (χ4n) is 2.25. The Morgan fingerprint density at radius 2 is 1.92 bits per heavy atom. The summed E-state index contributed by atoms with van der Waals surface area (Å²) in [6.07, 6.45) is 0. The van der Waals surface area contributed by atoms with Crippen LogP contribution in [-0.4, -0.2) is 38.6 Å². The molecule has 1 radical (unpaired) electrons. The van der Waals surface area contributed by atoms with Gasteiger partial charge in [-0.3, -0.25) is 0 Å². The Labute approximate surface area is 138 Å². The average Bonchev–Trinajstić information content (AvgIpc) is 3.08. The summed E-state index contributed by atoms with van der Waals surface area (Å²) in [5.41, 5.74) is 1.83. The number of pyridine rings is 1. The van der Waals surface area contributed by atoms with Gasteiger partial charge in [0.25, 0.3) is 0 Å².